The van der Waals surface area contributed by atoms with Crippen molar-refractivity contribution in [1.82, 2.24) is 14.8 Å². The number of nitrogens with zero attached hydrogens (tertiary/aromatic N) is 2. The monoisotopic (exact) mass is 493 g/mol. The number of hydrogen-bond donors (Lipinski definition) is 1. The summed E-state index contributed by atoms with van der Waals surface area (Å²) in [5.41, 5.74) is 1.01. The van der Waals surface area contributed by atoms with Crippen LogP contribution < -0.4 is 20.3 Å². The SMILES string of the molecule is COc1cc(=O)n2c(c1C(=O)NCc1cccc(F)c1)CCN(C(=O)[C@H](C)Oc1ccccc1)CC2. The minimum absolute atomic E-state index is 0.108. The molecule has 0 spiro atoms. The molecule has 0 aliphatic carbocycles. The van der Waals surface area contributed by atoms with Crippen molar-refractivity contribution in [3.63, 3.8) is 0 Å². The Morgan fingerprint density at radius 3 is 2.56 bits per heavy atom. The van der Waals surface area contributed by atoms with Gasteiger partial charge < -0.3 is 24.3 Å². The van der Waals surface area contributed by atoms with Crippen molar-refractivity contribution in [2.45, 2.75) is 32.5 Å². The Labute approximate surface area is 208 Å². The summed E-state index contributed by atoms with van der Waals surface area (Å²) in [5.74, 6) is -0.294. The Bertz CT molecular complexity index is 1310. The highest BCUT2D eigenvalue weighted by atomic mass is 19.1. The number of para-hydroxylation sites is 1. The first-order valence-corrected chi connectivity index (χ1v) is 11.7. The number of methoxy groups -OCH3 is 1. The highest BCUT2D eigenvalue weighted by Gasteiger charge is 2.28. The summed E-state index contributed by atoms with van der Waals surface area (Å²) in [5, 5.41) is 2.79. The zero-order valence-corrected chi connectivity index (χ0v) is 20.2. The Morgan fingerprint density at radius 1 is 1.06 bits per heavy atom. The first-order valence-electron chi connectivity index (χ1n) is 11.7. The van der Waals surface area contributed by atoms with E-state index >= 15 is 0 Å². The number of pyridine rings is 1. The summed E-state index contributed by atoms with van der Waals surface area (Å²) in [6, 6.07) is 16.3. The number of carbonyl (C=O) groups excluding carboxylic acids is 2. The van der Waals surface area contributed by atoms with E-state index < -0.39 is 17.8 Å². The van der Waals surface area contributed by atoms with E-state index in [9.17, 15) is 18.8 Å². The number of nitrogens with one attached hydrogen (secondary N) is 1. The van der Waals surface area contributed by atoms with Crippen molar-refractivity contribution in [3.05, 3.63) is 93.7 Å². The van der Waals surface area contributed by atoms with Crippen molar-refractivity contribution in [2.24, 2.45) is 0 Å². The molecule has 36 heavy (non-hydrogen) atoms. The largest absolute Gasteiger partial charge is 0.496 e. The quantitative estimate of drug-likeness (QED) is 0.547. The molecule has 0 radical (unpaired) electrons. The van der Waals surface area contributed by atoms with Crippen LogP contribution in [-0.4, -0.2) is 47.6 Å². The predicted octanol–water partition coefficient (Wildman–Crippen LogP) is 2.78. The molecule has 0 fully saturated rings. The highest BCUT2D eigenvalue weighted by molar-refractivity contribution is 5.98. The Kier molecular flexibility index (Phi) is 7.68. The van der Waals surface area contributed by atoms with Gasteiger partial charge in [0.05, 0.1) is 7.11 Å². The van der Waals surface area contributed by atoms with Gasteiger partial charge >= 0.3 is 0 Å². The van der Waals surface area contributed by atoms with Crippen LogP contribution in [0.3, 0.4) is 0 Å². The topological polar surface area (TPSA) is 89.9 Å². The van der Waals surface area contributed by atoms with E-state index in [1.54, 1.807) is 36.1 Å². The summed E-state index contributed by atoms with van der Waals surface area (Å²) < 4.78 is 26.2. The van der Waals surface area contributed by atoms with E-state index in [0.717, 1.165) is 0 Å². The zero-order valence-electron chi connectivity index (χ0n) is 20.2. The van der Waals surface area contributed by atoms with Crippen molar-refractivity contribution < 1.29 is 23.5 Å². The van der Waals surface area contributed by atoms with Crippen LogP contribution in [0.25, 0.3) is 0 Å². The van der Waals surface area contributed by atoms with E-state index in [2.05, 4.69) is 5.32 Å². The van der Waals surface area contributed by atoms with Crippen LogP contribution in [0, 0.1) is 5.82 Å². The summed E-state index contributed by atoms with van der Waals surface area (Å²) >= 11 is 0. The third-order valence-corrected chi connectivity index (χ3v) is 6.10. The molecule has 1 aliphatic heterocycles. The normalized spacial score (nSPS) is 13.8. The fraction of sp³-hybridized carbons (Fsp3) is 0.296. The number of carbonyl (C=O) groups is 2. The highest BCUT2D eigenvalue weighted by Crippen LogP contribution is 2.23. The van der Waals surface area contributed by atoms with Crippen LogP contribution in [0.2, 0.25) is 0 Å². The number of aromatic nitrogens is 1. The first kappa shape index (κ1) is 25.0. The number of fused-ring (bicyclic) bond motifs is 1. The number of halogens is 1. The van der Waals surface area contributed by atoms with Crippen molar-refractivity contribution in [2.75, 3.05) is 20.2 Å². The van der Waals surface area contributed by atoms with Gasteiger partial charge in [0, 0.05) is 44.4 Å². The molecule has 1 aromatic heterocycles. The van der Waals surface area contributed by atoms with Crippen molar-refractivity contribution in [3.8, 4) is 11.5 Å². The molecule has 0 saturated carbocycles. The van der Waals surface area contributed by atoms with E-state index in [0.29, 0.717) is 30.1 Å². The van der Waals surface area contributed by atoms with Gasteiger partial charge in [-0.1, -0.05) is 30.3 Å². The lowest BCUT2D eigenvalue weighted by molar-refractivity contribution is -0.137. The molecule has 4 rings (SSSR count). The summed E-state index contributed by atoms with van der Waals surface area (Å²) in [6.45, 7) is 2.63. The zero-order chi connectivity index (χ0) is 25.7. The van der Waals surface area contributed by atoms with Crippen LogP contribution in [0.4, 0.5) is 4.39 Å². The third kappa shape index (κ3) is 5.56. The molecule has 1 N–H and O–H groups in total. The first-order chi connectivity index (χ1) is 17.4. The number of amides is 2. The van der Waals surface area contributed by atoms with Gasteiger partial charge in [-0.3, -0.25) is 14.4 Å². The molecule has 0 unspecified atom stereocenters. The molecular weight excluding hydrogens is 465 g/mol. The van der Waals surface area contributed by atoms with Crippen LogP contribution in [0.15, 0.2) is 65.5 Å². The van der Waals surface area contributed by atoms with Crippen LogP contribution in [0.1, 0.15) is 28.5 Å². The van der Waals surface area contributed by atoms with Gasteiger partial charge in [-0.2, -0.15) is 0 Å². The lowest BCUT2D eigenvalue weighted by Gasteiger charge is -2.24. The molecular formula is C27H28FN3O5. The second kappa shape index (κ2) is 11.1. The third-order valence-electron chi connectivity index (χ3n) is 6.10. The lowest BCUT2D eigenvalue weighted by Crippen LogP contribution is -2.42. The van der Waals surface area contributed by atoms with Gasteiger partial charge in [-0.25, -0.2) is 4.39 Å². The Balaban J connectivity index is 1.53. The second-order valence-electron chi connectivity index (χ2n) is 8.49. The molecule has 2 aromatic carbocycles. The maximum Gasteiger partial charge on any atom is 0.263 e. The van der Waals surface area contributed by atoms with E-state index in [1.807, 2.05) is 18.2 Å². The fourth-order valence-corrected chi connectivity index (χ4v) is 4.30. The lowest BCUT2D eigenvalue weighted by atomic mass is 10.1. The van der Waals surface area contributed by atoms with Gasteiger partial charge in [0.15, 0.2) is 6.10 Å². The van der Waals surface area contributed by atoms with Gasteiger partial charge in [0.2, 0.25) is 0 Å². The van der Waals surface area contributed by atoms with Gasteiger partial charge in [0.25, 0.3) is 17.4 Å². The standard InChI is InChI=1S/C27H28FN3O5/c1-18(36-21-9-4-3-5-10-21)27(34)30-12-11-22-25(23(35-2)16-24(32)31(22)14-13-30)26(33)29-17-19-7-6-8-20(28)15-19/h3-10,15-16,18H,11-14,17H2,1-2H3,(H,29,33)/t18-/m0/s1. The molecule has 2 amide bonds. The molecule has 8 nitrogen and oxygen atoms in total. The number of hydrogen-bond acceptors (Lipinski definition) is 5. The Morgan fingerprint density at radius 2 is 1.83 bits per heavy atom. The van der Waals surface area contributed by atoms with E-state index in [4.69, 9.17) is 9.47 Å². The maximum absolute atomic E-state index is 13.5. The molecule has 9 heteroatoms. The predicted molar refractivity (Wildman–Crippen MR) is 132 cm³/mol. The van der Waals surface area contributed by atoms with E-state index in [-0.39, 0.29) is 42.3 Å². The number of rotatable bonds is 7. The molecule has 2 heterocycles. The molecule has 1 aliphatic rings. The second-order valence-corrected chi connectivity index (χ2v) is 8.49. The maximum atomic E-state index is 13.5. The summed E-state index contributed by atoms with van der Waals surface area (Å²) in [4.78, 5) is 40.8. The molecule has 0 bridgehead atoms. The average molecular weight is 494 g/mol. The minimum Gasteiger partial charge on any atom is -0.496 e. The number of benzene rings is 2. The molecule has 0 saturated heterocycles. The van der Waals surface area contributed by atoms with Gasteiger partial charge in [-0.05, 0) is 36.8 Å². The van der Waals surface area contributed by atoms with Crippen molar-refractivity contribution in [1.29, 1.82) is 0 Å². The van der Waals surface area contributed by atoms with Crippen LogP contribution in [-0.2, 0) is 24.3 Å². The molecule has 188 valence electrons. The summed E-state index contributed by atoms with van der Waals surface area (Å²) in [6.07, 6.45) is -0.437. The van der Waals surface area contributed by atoms with Crippen LogP contribution in [0.5, 0.6) is 11.5 Å². The average Bonchev–Trinajstić information content (AvgIpc) is 3.11. The summed E-state index contributed by atoms with van der Waals surface area (Å²) in [7, 11) is 1.39. The van der Waals surface area contributed by atoms with Crippen molar-refractivity contribution >= 4 is 11.8 Å². The van der Waals surface area contributed by atoms with Gasteiger partial charge in [0.1, 0.15) is 22.9 Å². The Hall–Kier alpha value is -4.14. The smallest absolute Gasteiger partial charge is 0.263 e. The molecule has 1 atom stereocenters. The van der Waals surface area contributed by atoms with Gasteiger partial charge in [-0.15, -0.1) is 0 Å². The van der Waals surface area contributed by atoms with Crippen LogP contribution >= 0.6 is 0 Å². The molecule has 3 aromatic rings. The van der Waals surface area contributed by atoms with E-state index in [1.165, 1.54) is 29.9 Å². The fourth-order valence-electron chi connectivity index (χ4n) is 4.30. The number of ether oxygens (including phenoxy) is 2. The minimum atomic E-state index is -0.714.